The van der Waals surface area contributed by atoms with Crippen LogP contribution in [0.4, 0.5) is 11.4 Å². The molecule has 0 radical (unpaired) electrons. The van der Waals surface area contributed by atoms with Crippen molar-refractivity contribution in [2.24, 2.45) is 0 Å². The summed E-state index contributed by atoms with van der Waals surface area (Å²) < 4.78 is 43.8. The predicted octanol–water partition coefficient (Wildman–Crippen LogP) is 4.42. The van der Waals surface area contributed by atoms with Gasteiger partial charge in [0.15, 0.2) is 0 Å². The number of para-hydroxylation sites is 1. The molecule has 0 aliphatic carbocycles. The predicted molar refractivity (Wildman–Crippen MR) is 123 cm³/mol. The van der Waals surface area contributed by atoms with Crippen LogP contribution in [-0.2, 0) is 10.0 Å². The summed E-state index contributed by atoms with van der Waals surface area (Å²) >= 11 is 6.06. The van der Waals surface area contributed by atoms with Crippen LogP contribution in [0.2, 0.25) is 5.02 Å². The van der Waals surface area contributed by atoms with Crippen LogP contribution in [0.25, 0.3) is 0 Å². The number of carbonyl (C=O) groups excluding carboxylic acids is 1. The van der Waals surface area contributed by atoms with Crippen LogP contribution in [-0.4, -0.2) is 35.7 Å². The number of rotatable bonds is 8. The van der Waals surface area contributed by atoms with E-state index in [4.69, 9.17) is 25.8 Å². The first-order valence-corrected chi connectivity index (χ1v) is 11.1. The van der Waals surface area contributed by atoms with E-state index in [0.29, 0.717) is 11.5 Å². The van der Waals surface area contributed by atoms with Crippen molar-refractivity contribution in [3.8, 4) is 17.2 Å². The van der Waals surface area contributed by atoms with Crippen LogP contribution in [0.1, 0.15) is 10.4 Å². The smallest absolute Gasteiger partial charge is 0.262 e. The van der Waals surface area contributed by atoms with Crippen LogP contribution in [0.3, 0.4) is 0 Å². The summed E-state index contributed by atoms with van der Waals surface area (Å²) in [5.74, 6) is 0.641. The second kappa shape index (κ2) is 9.80. The fraction of sp³-hybridized carbons (Fsp3) is 0.136. The number of halogens is 1. The van der Waals surface area contributed by atoms with Crippen molar-refractivity contribution in [3.63, 3.8) is 0 Å². The van der Waals surface area contributed by atoms with E-state index in [-0.39, 0.29) is 32.6 Å². The first-order chi connectivity index (χ1) is 15.3. The zero-order valence-corrected chi connectivity index (χ0v) is 19.1. The van der Waals surface area contributed by atoms with Crippen LogP contribution in [0.5, 0.6) is 17.2 Å². The lowest BCUT2D eigenvalue weighted by atomic mass is 10.1. The van der Waals surface area contributed by atoms with Crippen molar-refractivity contribution in [2.75, 3.05) is 31.4 Å². The number of methoxy groups -OCH3 is 3. The van der Waals surface area contributed by atoms with Crippen molar-refractivity contribution >= 4 is 38.9 Å². The summed E-state index contributed by atoms with van der Waals surface area (Å²) in [6, 6.07) is 15.3. The largest absolute Gasteiger partial charge is 0.497 e. The highest BCUT2D eigenvalue weighted by molar-refractivity contribution is 7.92. The Bertz CT molecular complexity index is 1220. The Labute approximate surface area is 191 Å². The number of amides is 1. The second-order valence-electron chi connectivity index (χ2n) is 6.50. The van der Waals surface area contributed by atoms with Crippen LogP contribution >= 0.6 is 11.6 Å². The minimum atomic E-state index is -3.99. The Balaban J connectivity index is 1.93. The zero-order chi connectivity index (χ0) is 23.3. The topological polar surface area (TPSA) is 103 Å². The lowest BCUT2D eigenvalue weighted by Gasteiger charge is -2.14. The lowest BCUT2D eigenvalue weighted by Crippen LogP contribution is -2.16. The van der Waals surface area contributed by atoms with Crippen molar-refractivity contribution in [1.29, 1.82) is 0 Å². The first kappa shape index (κ1) is 23.2. The molecule has 0 aliphatic rings. The van der Waals surface area contributed by atoms with Crippen LogP contribution in [0.15, 0.2) is 65.6 Å². The van der Waals surface area contributed by atoms with Gasteiger partial charge in [0, 0.05) is 11.6 Å². The summed E-state index contributed by atoms with van der Waals surface area (Å²) in [6.45, 7) is 0. The van der Waals surface area contributed by atoms with Gasteiger partial charge in [0.2, 0.25) is 0 Å². The highest BCUT2D eigenvalue weighted by Gasteiger charge is 2.20. The molecule has 2 N–H and O–H groups in total. The molecule has 0 atom stereocenters. The molecule has 32 heavy (non-hydrogen) atoms. The SMILES string of the molecule is COc1cc(OC)cc(C(=O)Nc2cc(S(=O)(=O)Nc3ccccc3Cl)ccc2OC)c1. The Morgan fingerprint density at radius 2 is 1.50 bits per heavy atom. The highest BCUT2D eigenvalue weighted by Crippen LogP contribution is 2.31. The normalized spacial score (nSPS) is 10.9. The van der Waals surface area contributed by atoms with Crippen molar-refractivity contribution in [3.05, 3.63) is 71.2 Å². The molecule has 3 aromatic carbocycles. The average Bonchev–Trinajstić information content (AvgIpc) is 2.79. The van der Waals surface area contributed by atoms with Crippen molar-refractivity contribution in [2.45, 2.75) is 4.90 Å². The number of sulfonamides is 1. The summed E-state index contributed by atoms with van der Waals surface area (Å²) in [6.07, 6.45) is 0. The molecule has 0 heterocycles. The number of carbonyl (C=O) groups is 1. The first-order valence-electron chi connectivity index (χ1n) is 9.27. The number of anilines is 2. The number of hydrogen-bond donors (Lipinski definition) is 2. The van der Waals surface area contributed by atoms with Gasteiger partial charge in [-0.2, -0.15) is 0 Å². The van der Waals surface area contributed by atoms with Gasteiger partial charge >= 0.3 is 0 Å². The minimum Gasteiger partial charge on any atom is -0.497 e. The molecule has 3 aromatic rings. The number of ether oxygens (including phenoxy) is 3. The fourth-order valence-corrected chi connectivity index (χ4v) is 4.18. The van der Waals surface area contributed by atoms with E-state index in [2.05, 4.69) is 10.0 Å². The van der Waals surface area contributed by atoms with Gasteiger partial charge in [-0.1, -0.05) is 23.7 Å². The third-order valence-corrected chi connectivity index (χ3v) is 6.15. The monoisotopic (exact) mass is 476 g/mol. The van der Waals surface area contributed by atoms with Gasteiger partial charge in [-0.25, -0.2) is 8.42 Å². The fourth-order valence-electron chi connectivity index (χ4n) is 2.83. The molecular weight excluding hydrogens is 456 g/mol. The van der Waals surface area contributed by atoms with Crippen molar-refractivity contribution in [1.82, 2.24) is 0 Å². The third kappa shape index (κ3) is 5.24. The molecule has 0 unspecified atom stereocenters. The van der Waals surface area contributed by atoms with Gasteiger partial charge in [-0.15, -0.1) is 0 Å². The summed E-state index contributed by atoms with van der Waals surface area (Å²) in [7, 11) is 0.370. The van der Waals surface area contributed by atoms with E-state index in [1.807, 2.05) is 0 Å². The molecule has 0 aliphatic heterocycles. The quantitative estimate of drug-likeness (QED) is 0.499. The third-order valence-electron chi connectivity index (χ3n) is 4.46. The molecule has 0 saturated heterocycles. The van der Waals surface area contributed by atoms with Gasteiger partial charge in [-0.05, 0) is 42.5 Å². The molecule has 10 heteroatoms. The maximum atomic E-state index is 12.9. The lowest BCUT2D eigenvalue weighted by molar-refractivity contribution is 0.102. The number of hydrogen-bond acceptors (Lipinski definition) is 6. The maximum Gasteiger partial charge on any atom is 0.262 e. The molecule has 1 amide bonds. The van der Waals surface area contributed by atoms with Gasteiger partial charge in [0.25, 0.3) is 15.9 Å². The molecule has 0 spiro atoms. The Morgan fingerprint density at radius 1 is 0.844 bits per heavy atom. The summed E-state index contributed by atoms with van der Waals surface area (Å²) in [5, 5.41) is 2.93. The summed E-state index contributed by atoms with van der Waals surface area (Å²) in [4.78, 5) is 12.8. The van der Waals surface area contributed by atoms with E-state index in [1.54, 1.807) is 30.3 Å². The molecule has 0 aromatic heterocycles. The van der Waals surface area contributed by atoms with E-state index in [0.717, 1.165) is 0 Å². The van der Waals surface area contributed by atoms with Gasteiger partial charge in [0.1, 0.15) is 17.2 Å². The molecule has 8 nitrogen and oxygen atoms in total. The van der Waals surface area contributed by atoms with E-state index >= 15 is 0 Å². The molecule has 0 fully saturated rings. The van der Waals surface area contributed by atoms with Gasteiger partial charge < -0.3 is 19.5 Å². The number of nitrogens with one attached hydrogen (secondary N) is 2. The molecule has 0 bridgehead atoms. The molecule has 168 valence electrons. The standard InChI is InChI=1S/C22H21ClN2O6S/c1-29-15-10-14(11-16(12-15)30-2)22(26)24-20-13-17(8-9-21(20)31-3)32(27,28)25-19-7-5-4-6-18(19)23/h4-13,25H,1-3H3,(H,24,26). The Hall–Kier alpha value is -3.43. The van der Waals surface area contributed by atoms with Crippen LogP contribution < -0.4 is 24.2 Å². The van der Waals surface area contributed by atoms with E-state index in [9.17, 15) is 13.2 Å². The molecule has 0 saturated carbocycles. The minimum absolute atomic E-state index is 0.0863. The number of benzene rings is 3. The average molecular weight is 477 g/mol. The maximum absolute atomic E-state index is 12.9. The van der Waals surface area contributed by atoms with Crippen LogP contribution in [0, 0.1) is 0 Å². The summed E-state index contributed by atoms with van der Waals surface area (Å²) in [5.41, 5.74) is 0.658. The van der Waals surface area contributed by atoms with Gasteiger partial charge in [-0.3, -0.25) is 9.52 Å². The van der Waals surface area contributed by atoms with Crippen molar-refractivity contribution < 1.29 is 27.4 Å². The Morgan fingerprint density at radius 3 is 2.09 bits per heavy atom. The Kier molecular flexibility index (Phi) is 7.12. The molecular formula is C22H21ClN2O6S. The molecule has 3 rings (SSSR count). The van der Waals surface area contributed by atoms with E-state index in [1.165, 1.54) is 51.7 Å². The van der Waals surface area contributed by atoms with Gasteiger partial charge in [0.05, 0.1) is 42.6 Å². The zero-order valence-electron chi connectivity index (χ0n) is 17.5. The second-order valence-corrected chi connectivity index (χ2v) is 8.59. The van der Waals surface area contributed by atoms with E-state index < -0.39 is 15.9 Å². The highest BCUT2D eigenvalue weighted by atomic mass is 35.5.